The molecule has 0 saturated carbocycles. The number of halogens is 1. The lowest BCUT2D eigenvalue weighted by atomic mass is 10.2. The van der Waals surface area contributed by atoms with Gasteiger partial charge in [-0.3, -0.25) is 9.59 Å². The second-order valence-electron chi connectivity index (χ2n) is 5.00. The summed E-state index contributed by atoms with van der Waals surface area (Å²) in [4.78, 5) is 25.0. The number of hydrogen-bond acceptors (Lipinski definition) is 2. The van der Waals surface area contributed by atoms with Crippen LogP contribution in [0.3, 0.4) is 0 Å². The van der Waals surface area contributed by atoms with Crippen molar-refractivity contribution in [1.82, 2.24) is 0 Å². The Balaban J connectivity index is 2.11. The molecule has 0 bridgehead atoms. The number of carbonyl (C=O) groups excluding carboxylic acids is 2. The first-order valence-corrected chi connectivity index (χ1v) is 6.86. The van der Waals surface area contributed by atoms with Crippen molar-refractivity contribution in [2.24, 2.45) is 0 Å². The highest BCUT2D eigenvalue weighted by atomic mass is 19.1. The van der Waals surface area contributed by atoms with Crippen LogP contribution < -0.4 is 10.2 Å². The summed E-state index contributed by atoms with van der Waals surface area (Å²) in [7, 11) is 0. The summed E-state index contributed by atoms with van der Waals surface area (Å²) in [5.41, 5.74) is 2.03. The molecule has 0 radical (unpaired) electrons. The van der Waals surface area contributed by atoms with Gasteiger partial charge in [0, 0.05) is 18.3 Å². The van der Waals surface area contributed by atoms with Gasteiger partial charge in [-0.15, -0.1) is 0 Å². The van der Waals surface area contributed by atoms with Gasteiger partial charge in [-0.25, -0.2) is 4.39 Å². The molecule has 2 rings (SSSR count). The van der Waals surface area contributed by atoms with Crippen molar-refractivity contribution in [3.05, 3.63) is 59.9 Å². The largest absolute Gasteiger partial charge is 0.325 e. The minimum absolute atomic E-state index is 0.174. The quantitative estimate of drug-likeness (QED) is 0.943. The van der Waals surface area contributed by atoms with Crippen LogP contribution in [0.2, 0.25) is 0 Å². The first-order valence-electron chi connectivity index (χ1n) is 6.86. The fraction of sp³-hybridized carbons (Fsp3) is 0.176. The lowest BCUT2D eigenvalue weighted by Crippen LogP contribution is -2.36. The van der Waals surface area contributed by atoms with E-state index in [0.29, 0.717) is 11.4 Å². The van der Waals surface area contributed by atoms with E-state index in [2.05, 4.69) is 5.32 Å². The molecule has 2 aromatic rings. The predicted molar refractivity (Wildman–Crippen MR) is 84.2 cm³/mol. The molecule has 1 N–H and O–H groups in total. The van der Waals surface area contributed by atoms with E-state index in [-0.39, 0.29) is 18.4 Å². The zero-order valence-corrected chi connectivity index (χ0v) is 12.5. The van der Waals surface area contributed by atoms with E-state index in [0.717, 1.165) is 5.56 Å². The molecule has 0 unspecified atom stereocenters. The normalized spacial score (nSPS) is 10.1. The maximum absolute atomic E-state index is 13.3. The molecule has 5 heteroatoms. The Morgan fingerprint density at radius 2 is 1.86 bits per heavy atom. The number of hydrogen-bond donors (Lipinski definition) is 1. The van der Waals surface area contributed by atoms with Crippen LogP contribution in [0.4, 0.5) is 15.8 Å². The van der Waals surface area contributed by atoms with Crippen LogP contribution in [0.15, 0.2) is 48.5 Å². The molecule has 4 nitrogen and oxygen atoms in total. The molecular weight excluding hydrogens is 283 g/mol. The van der Waals surface area contributed by atoms with Gasteiger partial charge in [0.15, 0.2) is 0 Å². The van der Waals surface area contributed by atoms with Gasteiger partial charge >= 0.3 is 0 Å². The molecule has 2 aromatic carbocycles. The summed E-state index contributed by atoms with van der Waals surface area (Å²) in [6, 6.07) is 13.0. The minimum Gasteiger partial charge on any atom is -0.325 e. The van der Waals surface area contributed by atoms with Crippen molar-refractivity contribution >= 4 is 23.2 Å². The van der Waals surface area contributed by atoms with Gasteiger partial charge in [0.05, 0.1) is 0 Å². The Hall–Kier alpha value is -2.69. The highest BCUT2D eigenvalue weighted by molar-refractivity contribution is 6.01. The van der Waals surface area contributed by atoms with Crippen LogP contribution in [-0.4, -0.2) is 18.4 Å². The highest BCUT2D eigenvalue weighted by Gasteiger charge is 2.16. The maximum Gasteiger partial charge on any atom is 0.244 e. The SMILES string of the molecule is CC(=O)N(CC(=O)Nc1cccc(C)c1)c1cccc(F)c1. The number of amides is 2. The average Bonchev–Trinajstić information content (AvgIpc) is 2.44. The third-order valence-electron chi connectivity index (χ3n) is 3.10. The number of anilines is 2. The van der Waals surface area contributed by atoms with Crippen molar-refractivity contribution in [3.63, 3.8) is 0 Å². The molecule has 0 fully saturated rings. The lowest BCUT2D eigenvalue weighted by Gasteiger charge is -2.20. The Bertz CT molecular complexity index is 701. The monoisotopic (exact) mass is 300 g/mol. The average molecular weight is 300 g/mol. The molecule has 114 valence electrons. The standard InChI is InChI=1S/C17H17FN2O2/c1-12-5-3-7-15(9-12)19-17(22)11-20(13(2)21)16-8-4-6-14(18)10-16/h3-10H,11H2,1-2H3,(H,19,22). The smallest absolute Gasteiger partial charge is 0.244 e. The summed E-state index contributed by atoms with van der Waals surface area (Å²) in [5.74, 6) is -1.13. The van der Waals surface area contributed by atoms with Crippen LogP contribution in [0.25, 0.3) is 0 Å². The summed E-state index contributed by atoms with van der Waals surface area (Å²) in [5, 5.41) is 2.73. The molecule has 0 atom stereocenters. The molecular formula is C17H17FN2O2. The van der Waals surface area contributed by atoms with Gasteiger partial charge in [0.1, 0.15) is 12.4 Å². The van der Waals surface area contributed by atoms with Gasteiger partial charge in [-0.2, -0.15) is 0 Å². The molecule has 2 amide bonds. The predicted octanol–water partition coefficient (Wildman–Crippen LogP) is 3.13. The molecule has 0 heterocycles. The number of nitrogens with one attached hydrogen (secondary N) is 1. The molecule has 22 heavy (non-hydrogen) atoms. The third kappa shape index (κ3) is 4.15. The van der Waals surface area contributed by atoms with Crippen LogP contribution in [0, 0.1) is 12.7 Å². The van der Waals surface area contributed by atoms with Gasteiger partial charge < -0.3 is 10.2 Å². The number of nitrogens with zero attached hydrogens (tertiary/aromatic N) is 1. The van der Waals surface area contributed by atoms with E-state index in [9.17, 15) is 14.0 Å². The topological polar surface area (TPSA) is 49.4 Å². The number of benzene rings is 2. The van der Waals surface area contributed by atoms with Crippen molar-refractivity contribution in [1.29, 1.82) is 0 Å². The first-order chi connectivity index (χ1) is 10.5. The van der Waals surface area contributed by atoms with Crippen molar-refractivity contribution in [3.8, 4) is 0 Å². The fourth-order valence-corrected chi connectivity index (χ4v) is 2.10. The van der Waals surface area contributed by atoms with Gasteiger partial charge in [0.2, 0.25) is 11.8 Å². The Kier molecular flexibility index (Phi) is 4.88. The molecule has 0 aliphatic rings. The maximum atomic E-state index is 13.3. The van der Waals surface area contributed by atoms with Crippen molar-refractivity contribution in [2.45, 2.75) is 13.8 Å². The zero-order valence-electron chi connectivity index (χ0n) is 12.5. The number of aryl methyl sites for hydroxylation is 1. The molecule has 0 aliphatic heterocycles. The van der Waals surface area contributed by atoms with E-state index < -0.39 is 5.82 Å². The van der Waals surface area contributed by atoms with Crippen LogP contribution >= 0.6 is 0 Å². The van der Waals surface area contributed by atoms with Crippen LogP contribution in [-0.2, 0) is 9.59 Å². The number of rotatable bonds is 4. The second-order valence-corrected chi connectivity index (χ2v) is 5.00. The van der Waals surface area contributed by atoms with Gasteiger partial charge in [-0.1, -0.05) is 18.2 Å². The summed E-state index contributed by atoms with van der Waals surface area (Å²) < 4.78 is 13.3. The van der Waals surface area contributed by atoms with E-state index in [1.165, 1.54) is 30.0 Å². The Morgan fingerprint density at radius 3 is 2.50 bits per heavy atom. The van der Waals surface area contributed by atoms with Gasteiger partial charge in [0.25, 0.3) is 0 Å². The Labute approximate surface area is 128 Å². The van der Waals surface area contributed by atoms with Crippen molar-refractivity contribution < 1.29 is 14.0 Å². The Morgan fingerprint density at radius 1 is 1.14 bits per heavy atom. The van der Waals surface area contributed by atoms with E-state index in [4.69, 9.17) is 0 Å². The lowest BCUT2D eigenvalue weighted by molar-refractivity contribution is -0.120. The summed E-state index contributed by atoms with van der Waals surface area (Å²) in [6.45, 7) is 3.09. The second kappa shape index (κ2) is 6.85. The molecule has 0 aliphatic carbocycles. The number of carbonyl (C=O) groups is 2. The fourth-order valence-electron chi connectivity index (χ4n) is 2.10. The van der Waals surface area contributed by atoms with Crippen LogP contribution in [0.1, 0.15) is 12.5 Å². The van der Waals surface area contributed by atoms with Gasteiger partial charge in [-0.05, 0) is 42.8 Å². The van der Waals surface area contributed by atoms with E-state index >= 15 is 0 Å². The van der Waals surface area contributed by atoms with E-state index in [1.807, 2.05) is 25.1 Å². The highest BCUT2D eigenvalue weighted by Crippen LogP contribution is 2.16. The summed E-state index contributed by atoms with van der Waals surface area (Å²) in [6.07, 6.45) is 0. The molecule has 0 aromatic heterocycles. The summed E-state index contributed by atoms with van der Waals surface area (Å²) >= 11 is 0. The van der Waals surface area contributed by atoms with Crippen molar-refractivity contribution in [2.75, 3.05) is 16.8 Å². The van der Waals surface area contributed by atoms with E-state index in [1.54, 1.807) is 12.1 Å². The molecule has 0 saturated heterocycles. The minimum atomic E-state index is -0.456. The third-order valence-corrected chi connectivity index (χ3v) is 3.10. The molecule has 0 spiro atoms. The first kappa shape index (κ1) is 15.7. The van der Waals surface area contributed by atoms with Crippen LogP contribution in [0.5, 0.6) is 0 Å². The zero-order chi connectivity index (χ0) is 16.1.